The standard InChI is InChI=1S/C25H21N5/c26-15-16-6-8-18(9-7-16)23-20(17-4-2-1-3-5-17)14-21-22(27-23)12-13-30-24(19-10-11-19)28-29-25(21)30/h1-9,12-14,19H,10-11,15,26H2. The molecule has 2 aromatic carbocycles. The number of benzene rings is 2. The number of aromatic nitrogens is 4. The van der Waals surface area contributed by atoms with Gasteiger partial charge in [0.2, 0.25) is 0 Å². The highest BCUT2D eigenvalue weighted by Crippen LogP contribution is 2.40. The third-order valence-corrected chi connectivity index (χ3v) is 5.89. The smallest absolute Gasteiger partial charge is 0.170 e. The van der Waals surface area contributed by atoms with E-state index >= 15 is 0 Å². The van der Waals surface area contributed by atoms with E-state index < -0.39 is 0 Å². The van der Waals surface area contributed by atoms with Gasteiger partial charge in [0.15, 0.2) is 5.65 Å². The molecule has 0 unspecified atom stereocenters. The van der Waals surface area contributed by atoms with E-state index in [0.717, 1.165) is 50.3 Å². The summed E-state index contributed by atoms with van der Waals surface area (Å²) in [5.41, 5.74) is 13.0. The molecule has 146 valence electrons. The summed E-state index contributed by atoms with van der Waals surface area (Å²) in [6.45, 7) is 0.533. The Morgan fingerprint density at radius 2 is 1.70 bits per heavy atom. The van der Waals surface area contributed by atoms with Gasteiger partial charge in [0.1, 0.15) is 5.82 Å². The molecule has 0 saturated heterocycles. The number of fused-ring (bicyclic) bond motifs is 3. The largest absolute Gasteiger partial charge is 0.326 e. The maximum absolute atomic E-state index is 5.78. The van der Waals surface area contributed by atoms with Crippen LogP contribution in [0.2, 0.25) is 0 Å². The van der Waals surface area contributed by atoms with Crippen molar-refractivity contribution in [2.75, 3.05) is 0 Å². The number of hydrogen-bond donors (Lipinski definition) is 1. The summed E-state index contributed by atoms with van der Waals surface area (Å²) in [7, 11) is 0. The minimum absolute atomic E-state index is 0.533. The quantitative estimate of drug-likeness (QED) is 0.471. The second kappa shape index (κ2) is 6.75. The van der Waals surface area contributed by atoms with Gasteiger partial charge < -0.3 is 5.73 Å². The minimum atomic E-state index is 0.533. The van der Waals surface area contributed by atoms with Crippen molar-refractivity contribution in [1.82, 2.24) is 19.6 Å². The van der Waals surface area contributed by atoms with Crippen LogP contribution in [-0.2, 0) is 6.54 Å². The summed E-state index contributed by atoms with van der Waals surface area (Å²) < 4.78 is 2.13. The van der Waals surface area contributed by atoms with Crippen molar-refractivity contribution in [3.63, 3.8) is 0 Å². The molecular weight excluding hydrogens is 370 g/mol. The molecule has 0 spiro atoms. The summed E-state index contributed by atoms with van der Waals surface area (Å²) in [4.78, 5) is 5.08. The lowest BCUT2D eigenvalue weighted by atomic mass is 9.97. The van der Waals surface area contributed by atoms with Crippen molar-refractivity contribution in [1.29, 1.82) is 0 Å². The fourth-order valence-electron chi connectivity index (χ4n) is 4.09. The third kappa shape index (κ3) is 2.78. The lowest BCUT2D eigenvalue weighted by Crippen LogP contribution is -1.97. The molecule has 1 saturated carbocycles. The topological polar surface area (TPSA) is 69.1 Å². The molecule has 5 nitrogen and oxygen atoms in total. The molecule has 5 aromatic rings. The Morgan fingerprint density at radius 3 is 2.43 bits per heavy atom. The normalized spacial score (nSPS) is 13.9. The van der Waals surface area contributed by atoms with Crippen LogP contribution in [0.25, 0.3) is 38.9 Å². The van der Waals surface area contributed by atoms with E-state index in [1.165, 1.54) is 12.8 Å². The third-order valence-electron chi connectivity index (χ3n) is 5.89. The molecule has 6 rings (SSSR count). The SMILES string of the molecule is NCc1ccc(-c2nc3ccn4c(C5CC5)nnc4c3cc2-c2ccccc2)cc1. The molecule has 0 radical (unpaired) electrons. The van der Waals surface area contributed by atoms with Gasteiger partial charge >= 0.3 is 0 Å². The molecule has 0 aliphatic heterocycles. The summed E-state index contributed by atoms with van der Waals surface area (Å²) in [5, 5.41) is 10.0. The van der Waals surface area contributed by atoms with E-state index in [1.807, 2.05) is 6.07 Å². The second-order valence-corrected chi connectivity index (χ2v) is 7.93. The Hall–Kier alpha value is -3.57. The molecule has 3 aromatic heterocycles. The van der Waals surface area contributed by atoms with Crippen molar-refractivity contribution in [2.45, 2.75) is 25.3 Å². The van der Waals surface area contributed by atoms with E-state index in [4.69, 9.17) is 10.7 Å². The zero-order chi connectivity index (χ0) is 20.1. The van der Waals surface area contributed by atoms with Gasteiger partial charge in [0, 0.05) is 35.2 Å². The van der Waals surface area contributed by atoms with Crippen LogP contribution in [-0.4, -0.2) is 19.6 Å². The number of rotatable bonds is 4. The van der Waals surface area contributed by atoms with Crippen LogP contribution < -0.4 is 5.73 Å². The maximum Gasteiger partial charge on any atom is 0.170 e. The summed E-state index contributed by atoms with van der Waals surface area (Å²) in [6.07, 6.45) is 4.45. The molecule has 5 heteroatoms. The highest BCUT2D eigenvalue weighted by molar-refractivity contribution is 5.98. The van der Waals surface area contributed by atoms with Crippen molar-refractivity contribution in [3.05, 3.63) is 84.3 Å². The Labute approximate surface area is 174 Å². The predicted octanol–water partition coefficient (Wildman–Crippen LogP) is 4.95. The zero-order valence-electron chi connectivity index (χ0n) is 16.5. The van der Waals surface area contributed by atoms with Crippen LogP contribution in [0.4, 0.5) is 0 Å². The van der Waals surface area contributed by atoms with Crippen molar-refractivity contribution in [2.24, 2.45) is 5.73 Å². The predicted molar refractivity (Wildman–Crippen MR) is 119 cm³/mol. The number of nitrogens with zero attached hydrogens (tertiary/aromatic N) is 4. The second-order valence-electron chi connectivity index (χ2n) is 7.93. The van der Waals surface area contributed by atoms with Crippen LogP contribution in [0.5, 0.6) is 0 Å². The first-order valence-electron chi connectivity index (χ1n) is 10.3. The van der Waals surface area contributed by atoms with Gasteiger partial charge in [-0.05, 0) is 36.1 Å². The molecule has 30 heavy (non-hydrogen) atoms. The first-order chi connectivity index (χ1) is 14.8. The van der Waals surface area contributed by atoms with Crippen LogP contribution in [0.1, 0.15) is 30.1 Å². The molecule has 0 amide bonds. The summed E-state index contributed by atoms with van der Waals surface area (Å²) in [5.74, 6) is 1.61. The van der Waals surface area contributed by atoms with E-state index in [2.05, 4.69) is 81.5 Å². The highest BCUT2D eigenvalue weighted by atomic mass is 15.3. The van der Waals surface area contributed by atoms with Gasteiger partial charge in [0.05, 0.1) is 11.2 Å². The molecule has 1 fully saturated rings. The van der Waals surface area contributed by atoms with E-state index in [-0.39, 0.29) is 0 Å². The monoisotopic (exact) mass is 391 g/mol. The summed E-state index contributed by atoms with van der Waals surface area (Å²) in [6, 6.07) is 23.0. The van der Waals surface area contributed by atoms with Gasteiger partial charge in [-0.25, -0.2) is 4.98 Å². The zero-order valence-corrected chi connectivity index (χ0v) is 16.5. The molecule has 0 bridgehead atoms. The van der Waals surface area contributed by atoms with Gasteiger partial charge in [-0.1, -0.05) is 54.6 Å². The molecule has 3 heterocycles. The number of nitrogens with two attached hydrogens (primary N) is 1. The lowest BCUT2D eigenvalue weighted by molar-refractivity contribution is 0.898. The van der Waals surface area contributed by atoms with Crippen molar-refractivity contribution < 1.29 is 0 Å². The molecule has 1 aliphatic carbocycles. The van der Waals surface area contributed by atoms with Crippen LogP contribution in [0.3, 0.4) is 0 Å². The van der Waals surface area contributed by atoms with Crippen LogP contribution in [0.15, 0.2) is 72.9 Å². The van der Waals surface area contributed by atoms with Crippen LogP contribution >= 0.6 is 0 Å². The first-order valence-corrected chi connectivity index (χ1v) is 10.3. The Morgan fingerprint density at radius 1 is 0.900 bits per heavy atom. The van der Waals surface area contributed by atoms with E-state index in [1.54, 1.807) is 0 Å². The minimum Gasteiger partial charge on any atom is -0.326 e. The van der Waals surface area contributed by atoms with E-state index in [9.17, 15) is 0 Å². The fraction of sp³-hybridized carbons (Fsp3) is 0.160. The molecule has 0 atom stereocenters. The number of pyridine rings is 2. The van der Waals surface area contributed by atoms with E-state index in [0.29, 0.717) is 12.5 Å². The Bertz CT molecular complexity index is 1370. The maximum atomic E-state index is 5.78. The van der Waals surface area contributed by atoms with Gasteiger partial charge in [-0.2, -0.15) is 0 Å². The van der Waals surface area contributed by atoms with Gasteiger partial charge in [0.25, 0.3) is 0 Å². The average molecular weight is 391 g/mol. The van der Waals surface area contributed by atoms with Gasteiger partial charge in [-0.15, -0.1) is 10.2 Å². The molecule has 2 N–H and O–H groups in total. The highest BCUT2D eigenvalue weighted by Gasteiger charge is 2.29. The van der Waals surface area contributed by atoms with Crippen molar-refractivity contribution in [3.8, 4) is 22.4 Å². The number of hydrogen-bond acceptors (Lipinski definition) is 4. The Balaban J connectivity index is 1.63. The van der Waals surface area contributed by atoms with Crippen LogP contribution in [0, 0.1) is 0 Å². The molecule has 1 aliphatic rings. The Kier molecular flexibility index (Phi) is 3.89. The average Bonchev–Trinajstić information content (AvgIpc) is 3.57. The fourth-order valence-corrected chi connectivity index (χ4v) is 4.09. The van der Waals surface area contributed by atoms with Crippen molar-refractivity contribution >= 4 is 16.6 Å². The summed E-state index contributed by atoms with van der Waals surface area (Å²) >= 11 is 0. The molecular formula is C25H21N5. The first kappa shape index (κ1) is 17.3. The van der Waals surface area contributed by atoms with Gasteiger partial charge in [-0.3, -0.25) is 4.40 Å². The lowest BCUT2D eigenvalue weighted by Gasteiger charge is -2.12.